The fraction of sp³-hybridized carbons (Fsp3) is 0.429. The lowest BCUT2D eigenvalue weighted by Crippen LogP contribution is -2.40. The van der Waals surface area contributed by atoms with Crippen molar-refractivity contribution in [2.45, 2.75) is 31.6 Å². The molecule has 0 aromatic carbocycles. The van der Waals surface area contributed by atoms with E-state index in [1.807, 2.05) is 19.1 Å². The van der Waals surface area contributed by atoms with Crippen LogP contribution in [0.25, 0.3) is 10.6 Å². The molecular weight excluding hydrogens is 244 g/mol. The van der Waals surface area contributed by atoms with Gasteiger partial charge in [0.05, 0.1) is 22.6 Å². The van der Waals surface area contributed by atoms with Crippen molar-refractivity contribution < 1.29 is 5.11 Å². The Bertz CT molecular complexity index is 541. The van der Waals surface area contributed by atoms with E-state index in [1.165, 1.54) is 0 Å². The number of aliphatic hydroxyl groups is 1. The van der Waals surface area contributed by atoms with E-state index in [4.69, 9.17) is 0 Å². The molecule has 2 aromatic rings. The van der Waals surface area contributed by atoms with Crippen molar-refractivity contribution in [3.8, 4) is 10.6 Å². The Kier molecular flexibility index (Phi) is 2.92. The Labute approximate surface area is 111 Å². The van der Waals surface area contributed by atoms with Crippen LogP contribution in [0.5, 0.6) is 0 Å². The molecule has 18 heavy (non-hydrogen) atoms. The van der Waals surface area contributed by atoms with Crippen LogP contribution in [-0.4, -0.2) is 21.7 Å². The van der Waals surface area contributed by atoms with Crippen molar-refractivity contribution in [3.05, 3.63) is 35.1 Å². The Balaban J connectivity index is 2.06. The molecule has 94 valence electrons. The van der Waals surface area contributed by atoms with Gasteiger partial charge in [-0.25, -0.2) is 9.97 Å². The molecule has 4 heteroatoms. The minimum atomic E-state index is -0.183. The minimum Gasteiger partial charge on any atom is -0.395 e. The summed E-state index contributed by atoms with van der Waals surface area (Å²) >= 11 is 1.68. The van der Waals surface area contributed by atoms with Gasteiger partial charge in [-0.05, 0) is 37.3 Å². The number of aryl methyl sites for hydroxylation is 1. The van der Waals surface area contributed by atoms with E-state index < -0.39 is 0 Å². The van der Waals surface area contributed by atoms with Crippen molar-refractivity contribution in [3.63, 3.8) is 0 Å². The lowest BCUT2D eigenvalue weighted by molar-refractivity contribution is 0.112. The summed E-state index contributed by atoms with van der Waals surface area (Å²) in [4.78, 5) is 10.4. The van der Waals surface area contributed by atoms with Crippen LogP contribution in [-0.2, 0) is 5.41 Å². The Morgan fingerprint density at radius 2 is 2.22 bits per heavy atom. The first-order chi connectivity index (χ1) is 8.73. The lowest BCUT2D eigenvalue weighted by atomic mass is 9.68. The van der Waals surface area contributed by atoms with Crippen molar-refractivity contribution in [2.75, 3.05) is 6.61 Å². The molecule has 0 saturated heterocycles. The first-order valence-corrected chi connectivity index (χ1v) is 7.12. The number of aromatic nitrogens is 2. The first kappa shape index (κ1) is 11.8. The zero-order valence-electron chi connectivity index (χ0n) is 10.4. The summed E-state index contributed by atoms with van der Waals surface area (Å²) in [6.07, 6.45) is 3.15. The highest BCUT2D eigenvalue weighted by atomic mass is 32.1. The van der Waals surface area contributed by atoms with Gasteiger partial charge in [0.15, 0.2) is 0 Å². The Morgan fingerprint density at radius 1 is 1.39 bits per heavy atom. The largest absolute Gasteiger partial charge is 0.395 e. The van der Waals surface area contributed by atoms with E-state index in [0.717, 1.165) is 41.4 Å². The van der Waals surface area contributed by atoms with E-state index in [-0.39, 0.29) is 12.0 Å². The van der Waals surface area contributed by atoms with Gasteiger partial charge < -0.3 is 5.11 Å². The van der Waals surface area contributed by atoms with Crippen LogP contribution in [0.2, 0.25) is 0 Å². The molecule has 1 N–H and O–H groups in total. The second kappa shape index (κ2) is 4.44. The fourth-order valence-corrected chi connectivity index (χ4v) is 3.10. The molecule has 1 fully saturated rings. The molecular formula is C14H16N2OS. The van der Waals surface area contributed by atoms with Crippen LogP contribution in [0.4, 0.5) is 0 Å². The third-order valence-corrected chi connectivity index (χ3v) is 4.61. The maximum absolute atomic E-state index is 9.62. The van der Waals surface area contributed by atoms with Gasteiger partial charge in [0, 0.05) is 5.69 Å². The molecule has 3 rings (SSSR count). The van der Waals surface area contributed by atoms with Crippen molar-refractivity contribution in [1.82, 2.24) is 9.97 Å². The van der Waals surface area contributed by atoms with Crippen LogP contribution in [0, 0.1) is 6.92 Å². The van der Waals surface area contributed by atoms with Gasteiger partial charge in [0.1, 0.15) is 5.82 Å². The van der Waals surface area contributed by atoms with E-state index in [1.54, 1.807) is 11.3 Å². The fourth-order valence-electron chi connectivity index (χ4n) is 2.41. The van der Waals surface area contributed by atoms with Gasteiger partial charge in [0.25, 0.3) is 0 Å². The first-order valence-electron chi connectivity index (χ1n) is 6.24. The number of rotatable bonds is 3. The number of aliphatic hydroxyl groups excluding tert-OH is 1. The summed E-state index contributed by atoms with van der Waals surface area (Å²) in [6.45, 7) is 2.15. The third-order valence-electron chi connectivity index (χ3n) is 3.72. The van der Waals surface area contributed by atoms with Gasteiger partial charge in [-0.3, -0.25) is 0 Å². The molecule has 2 aromatic heterocycles. The molecule has 0 unspecified atom stereocenters. The number of nitrogens with zero attached hydrogens (tertiary/aromatic N) is 2. The predicted molar refractivity (Wildman–Crippen MR) is 72.7 cm³/mol. The van der Waals surface area contributed by atoms with Crippen molar-refractivity contribution >= 4 is 11.3 Å². The summed E-state index contributed by atoms with van der Waals surface area (Å²) in [5.41, 5.74) is 1.77. The molecule has 3 nitrogen and oxygen atoms in total. The summed E-state index contributed by atoms with van der Waals surface area (Å²) in [5, 5.41) is 11.7. The Morgan fingerprint density at radius 3 is 2.78 bits per heavy atom. The van der Waals surface area contributed by atoms with E-state index in [9.17, 15) is 5.11 Å². The SMILES string of the molecule is Cc1cc(-c2cccs2)nc(C2(CO)CCC2)n1. The van der Waals surface area contributed by atoms with E-state index >= 15 is 0 Å². The van der Waals surface area contributed by atoms with Crippen LogP contribution in [0.1, 0.15) is 30.8 Å². The van der Waals surface area contributed by atoms with Crippen LogP contribution < -0.4 is 0 Å². The molecule has 0 amide bonds. The Hall–Kier alpha value is -1.26. The summed E-state index contributed by atoms with van der Waals surface area (Å²) < 4.78 is 0. The quantitative estimate of drug-likeness (QED) is 0.923. The highest BCUT2D eigenvalue weighted by molar-refractivity contribution is 7.13. The van der Waals surface area contributed by atoms with Gasteiger partial charge in [-0.2, -0.15) is 0 Å². The summed E-state index contributed by atoms with van der Waals surface area (Å²) in [7, 11) is 0. The van der Waals surface area contributed by atoms with E-state index in [0.29, 0.717) is 0 Å². The smallest absolute Gasteiger partial charge is 0.137 e. The molecule has 1 aliphatic carbocycles. The monoisotopic (exact) mass is 260 g/mol. The van der Waals surface area contributed by atoms with Crippen LogP contribution >= 0.6 is 11.3 Å². The van der Waals surface area contributed by atoms with E-state index in [2.05, 4.69) is 21.4 Å². The maximum Gasteiger partial charge on any atom is 0.137 e. The highest BCUT2D eigenvalue weighted by Gasteiger charge is 2.41. The second-order valence-corrected chi connectivity index (χ2v) is 5.94. The standard InChI is InChI=1S/C14H16N2OS/c1-10-8-11(12-4-2-7-18-12)16-13(15-10)14(9-17)5-3-6-14/h2,4,7-8,17H,3,5-6,9H2,1H3. The number of thiophene rings is 1. The summed E-state index contributed by atoms with van der Waals surface area (Å²) in [6, 6.07) is 6.12. The lowest BCUT2D eigenvalue weighted by Gasteiger charge is -2.38. The summed E-state index contributed by atoms with van der Waals surface area (Å²) in [5.74, 6) is 0.819. The maximum atomic E-state index is 9.62. The van der Waals surface area contributed by atoms with Crippen molar-refractivity contribution in [1.29, 1.82) is 0 Å². The van der Waals surface area contributed by atoms with Gasteiger partial charge >= 0.3 is 0 Å². The molecule has 0 radical (unpaired) electrons. The van der Waals surface area contributed by atoms with Gasteiger partial charge in [-0.15, -0.1) is 11.3 Å². The highest BCUT2D eigenvalue weighted by Crippen LogP contribution is 2.42. The second-order valence-electron chi connectivity index (χ2n) is 4.99. The number of hydrogen-bond donors (Lipinski definition) is 1. The predicted octanol–water partition coefficient (Wildman–Crippen LogP) is 2.93. The van der Waals surface area contributed by atoms with Gasteiger partial charge in [-0.1, -0.05) is 12.5 Å². The molecule has 0 aliphatic heterocycles. The molecule has 1 saturated carbocycles. The molecule has 1 aliphatic rings. The van der Waals surface area contributed by atoms with Gasteiger partial charge in [0.2, 0.25) is 0 Å². The zero-order valence-corrected chi connectivity index (χ0v) is 11.2. The van der Waals surface area contributed by atoms with Crippen LogP contribution in [0.3, 0.4) is 0 Å². The molecule has 0 bridgehead atoms. The van der Waals surface area contributed by atoms with Crippen molar-refractivity contribution in [2.24, 2.45) is 0 Å². The average Bonchev–Trinajstić information content (AvgIpc) is 2.81. The topological polar surface area (TPSA) is 46.0 Å². The molecule has 0 atom stereocenters. The minimum absolute atomic E-state index is 0.153. The third kappa shape index (κ3) is 1.85. The average molecular weight is 260 g/mol. The number of hydrogen-bond acceptors (Lipinski definition) is 4. The normalized spacial score (nSPS) is 17.4. The molecule has 0 spiro atoms. The van der Waals surface area contributed by atoms with Crippen LogP contribution in [0.15, 0.2) is 23.6 Å². The zero-order chi connectivity index (χ0) is 12.6. The molecule has 2 heterocycles.